The molecule has 2 amide bonds. The van der Waals surface area contributed by atoms with Crippen molar-refractivity contribution in [1.82, 2.24) is 4.90 Å². The number of hydrogen-bond acceptors (Lipinski definition) is 8. The van der Waals surface area contributed by atoms with Crippen molar-refractivity contribution in [1.29, 1.82) is 0 Å². The number of rotatable bonds is 10. The highest BCUT2D eigenvalue weighted by Crippen LogP contribution is 2.43. The number of carbonyl (C=O) groups excluding carboxylic acids is 3. The van der Waals surface area contributed by atoms with Gasteiger partial charge in [-0.25, -0.2) is 0 Å². The third-order valence-corrected chi connectivity index (χ3v) is 7.75. The lowest BCUT2D eigenvalue weighted by molar-refractivity contribution is -0.536. The van der Waals surface area contributed by atoms with Crippen LogP contribution in [0, 0.1) is 23.0 Å². The average Bonchev–Trinajstić information content (AvgIpc) is 2.79. The predicted molar refractivity (Wildman–Crippen MR) is 133 cm³/mol. The number of amides is 2. The van der Waals surface area contributed by atoms with Crippen LogP contribution in [0.15, 0.2) is 29.2 Å². The highest BCUT2D eigenvalue weighted by molar-refractivity contribution is 8.00. The van der Waals surface area contributed by atoms with Crippen molar-refractivity contribution in [2.45, 2.75) is 95.2 Å². The molecule has 1 aliphatic rings. The maximum Gasteiger partial charge on any atom is 0.310 e. The largest absolute Gasteiger partial charge is 0.466 e. The van der Waals surface area contributed by atoms with Crippen molar-refractivity contribution in [3.05, 3.63) is 39.9 Å². The summed E-state index contributed by atoms with van der Waals surface area (Å²) in [6, 6.07) is 5.18. The van der Waals surface area contributed by atoms with E-state index in [1.54, 1.807) is 6.92 Å². The van der Waals surface area contributed by atoms with E-state index in [-0.39, 0.29) is 19.1 Å². The number of thioether (sulfide) groups is 1. The molecule has 10 heteroatoms. The van der Waals surface area contributed by atoms with Crippen molar-refractivity contribution in [3.8, 4) is 0 Å². The molecule has 0 saturated heterocycles. The van der Waals surface area contributed by atoms with Crippen molar-refractivity contribution < 1.29 is 28.8 Å². The van der Waals surface area contributed by atoms with E-state index in [4.69, 9.17) is 9.47 Å². The Hall–Kier alpha value is -2.46. The molecule has 0 spiro atoms. The number of benzene rings is 1. The van der Waals surface area contributed by atoms with Gasteiger partial charge in [0.1, 0.15) is 6.04 Å². The Morgan fingerprint density at radius 2 is 1.69 bits per heavy atom. The summed E-state index contributed by atoms with van der Waals surface area (Å²) < 4.78 is 11.8. The number of nitrogens with zero attached hydrogens (tertiary/aromatic N) is 2. The van der Waals surface area contributed by atoms with Crippen LogP contribution in [0.1, 0.15) is 59.4 Å². The first-order valence-electron chi connectivity index (χ1n) is 12.0. The van der Waals surface area contributed by atoms with E-state index in [9.17, 15) is 24.5 Å². The van der Waals surface area contributed by atoms with E-state index in [1.165, 1.54) is 25.6 Å². The van der Waals surface area contributed by atoms with Gasteiger partial charge >= 0.3 is 5.97 Å². The Morgan fingerprint density at radius 3 is 2.14 bits per heavy atom. The van der Waals surface area contributed by atoms with Crippen LogP contribution >= 0.6 is 11.8 Å². The summed E-state index contributed by atoms with van der Waals surface area (Å²) in [5.41, 5.74) is 1.07. The number of carbonyl (C=O) groups is 3. The summed E-state index contributed by atoms with van der Waals surface area (Å²) >= 11 is 1.37. The molecule has 1 aromatic carbocycles. The first-order valence-corrected chi connectivity index (χ1v) is 12.9. The lowest BCUT2D eigenvalue weighted by Gasteiger charge is -2.46. The molecule has 194 valence electrons. The monoisotopic (exact) mass is 508 g/mol. The molecular weight excluding hydrogens is 472 g/mol. The van der Waals surface area contributed by atoms with Crippen LogP contribution in [-0.4, -0.2) is 63.8 Å². The van der Waals surface area contributed by atoms with Crippen LogP contribution < -0.4 is 0 Å². The second-order valence-electron chi connectivity index (χ2n) is 8.78. The molecular formula is C25H36N2O7S. The Bertz CT molecular complexity index is 890. The zero-order chi connectivity index (χ0) is 26.3. The molecule has 0 aliphatic heterocycles. The third kappa shape index (κ3) is 7.04. The van der Waals surface area contributed by atoms with Gasteiger partial charge in [-0.3, -0.25) is 29.4 Å². The minimum absolute atomic E-state index is 0.134. The van der Waals surface area contributed by atoms with Crippen molar-refractivity contribution in [2.75, 3.05) is 6.61 Å². The highest BCUT2D eigenvalue weighted by atomic mass is 32.2. The Labute approximate surface area is 211 Å². The van der Waals surface area contributed by atoms with Gasteiger partial charge in [-0.1, -0.05) is 31.5 Å². The molecule has 0 aromatic heterocycles. The number of imide groups is 1. The fourth-order valence-electron chi connectivity index (χ4n) is 4.61. The number of esters is 1. The standard InChI is InChI=1S/C25H36N2O7S/c1-7-18(8-2)34-23-22(26(16(5)28)17(6)29)21(27(31)32)14-20(25(30)33-9-3)24(23)35-19-12-10-15(4)11-13-19/h10-13,18,20-24H,7-9,14H2,1-6H3/t20-,21+,22-,23+,24-/m1/s1. The van der Waals surface area contributed by atoms with Gasteiger partial charge in [0.15, 0.2) is 0 Å². The first kappa shape index (κ1) is 28.8. The molecule has 5 atom stereocenters. The highest BCUT2D eigenvalue weighted by Gasteiger charge is 2.57. The number of aryl methyl sites for hydroxylation is 1. The number of nitro groups is 1. The minimum atomic E-state index is -1.37. The molecule has 0 heterocycles. The summed E-state index contributed by atoms with van der Waals surface area (Å²) in [4.78, 5) is 51.8. The molecule has 1 saturated carbocycles. The smallest absolute Gasteiger partial charge is 0.310 e. The topological polar surface area (TPSA) is 116 Å². The molecule has 1 fully saturated rings. The normalized spacial score (nSPS) is 24.1. The van der Waals surface area contributed by atoms with Crippen LogP contribution in [0.5, 0.6) is 0 Å². The molecule has 9 nitrogen and oxygen atoms in total. The van der Waals surface area contributed by atoms with Gasteiger partial charge in [0.05, 0.1) is 30.0 Å². The van der Waals surface area contributed by atoms with Crippen LogP contribution in [0.4, 0.5) is 0 Å². The minimum Gasteiger partial charge on any atom is -0.466 e. The van der Waals surface area contributed by atoms with E-state index in [1.807, 2.05) is 45.0 Å². The molecule has 0 unspecified atom stereocenters. The summed E-state index contributed by atoms with van der Waals surface area (Å²) in [6.07, 6.45) is -0.112. The molecule has 1 aliphatic carbocycles. The lowest BCUT2D eigenvalue weighted by atomic mass is 9.78. The van der Waals surface area contributed by atoms with Gasteiger partial charge in [0, 0.05) is 30.1 Å². The predicted octanol–water partition coefficient (Wildman–Crippen LogP) is 4.02. The average molecular weight is 509 g/mol. The van der Waals surface area contributed by atoms with E-state index in [2.05, 4.69) is 0 Å². The molecule has 0 radical (unpaired) electrons. The Balaban J connectivity index is 2.70. The zero-order valence-electron chi connectivity index (χ0n) is 21.3. The van der Waals surface area contributed by atoms with Gasteiger partial charge in [-0.2, -0.15) is 0 Å². The van der Waals surface area contributed by atoms with Gasteiger partial charge in [-0.15, -0.1) is 11.8 Å². The second-order valence-corrected chi connectivity index (χ2v) is 10.0. The summed E-state index contributed by atoms with van der Waals surface area (Å²) in [7, 11) is 0. The quantitative estimate of drug-likeness (QED) is 0.264. The fourth-order valence-corrected chi connectivity index (χ4v) is 5.96. The molecule has 2 rings (SSSR count). The molecule has 0 N–H and O–H groups in total. The van der Waals surface area contributed by atoms with E-state index in [0.717, 1.165) is 15.4 Å². The maximum atomic E-state index is 13.1. The Kier molecular flexibility index (Phi) is 10.7. The summed E-state index contributed by atoms with van der Waals surface area (Å²) in [6.45, 7) is 10.1. The molecule has 35 heavy (non-hydrogen) atoms. The molecule has 0 bridgehead atoms. The third-order valence-electron chi connectivity index (χ3n) is 6.34. The lowest BCUT2D eigenvalue weighted by Crippen LogP contribution is -2.66. The fraction of sp³-hybridized carbons (Fsp3) is 0.640. The van der Waals surface area contributed by atoms with Crippen LogP contribution in [-0.2, 0) is 23.9 Å². The van der Waals surface area contributed by atoms with Gasteiger partial charge < -0.3 is 9.47 Å². The van der Waals surface area contributed by atoms with Crippen molar-refractivity contribution in [3.63, 3.8) is 0 Å². The van der Waals surface area contributed by atoms with E-state index in [0.29, 0.717) is 12.8 Å². The molecule has 1 aromatic rings. The number of hydrogen-bond donors (Lipinski definition) is 0. The zero-order valence-corrected chi connectivity index (χ0v) is 22.1. The maximum absolute atomic E-state index is 13.1. The van der Waals surface area contributed by atoms with Crippen LogP contribution in [0.25, 0.3) is 0 Å². The van der Waals surface area contributed by atoms with E-state index >= 15 is 0 Å². The van der Waals surface area contributed by atoms with Gasteiger partial charge in [0.2, 0.25) is 17.9 Å². The SMILES string of the molecule is CCOC(=O)[C@@H]1C[C@H]([N+](=O)[O-])[C@@H](N(C(C)=O)C(C)=O)[C@H](OC(CC)CC)[C@@H]1Sc1ccc(C)cc1. The van der Waals surface area contributed by atoms with Crippen LogP contribution in [0.3, 0.4) is 0 Å². The van der Waals surface area contributed by atoms with Crippen molar-refractivity contribution >= 4 is 29.5 Å². The first-order chi connectivity index (χ1) is 16.5. The van der Waals surface area contributed by atoms with Gasteiger partial charge in [-0.05, 0) is 38.8 Å². The summed E-state index contributed by atoms with van der Waals surface area (Å²) in [5.74, 6) is -2.59. The van der Waals surface area contributed by atoms with Gasteiger partial charge in [0.25, 0.3) is 0 Å². The van der Waals surface area contributed by atoms with E-state index < -0.39 is 52.1 Å². The Morgan fingerprint density at radius 1 is 1.11 bits per heavy atom. The number of ether oxygens (including phenoxy) is 2. The second kappa shape index (κ2) is 13.0. The van der Waals surface area contributed by atoms with Crippen LogP contribution in [0.2, 0.25) is 0 Å². The summed E-state index contributed by atoms with van der Waals surface area (Å²) in [5, 5.41) is 11.6. The van der Waals surface area contributed by atoms with Crippen molar-refractivity contribution in [2.24, 2.45) is 5.92 Å².